The summed E-state index contributed by atoms with van der Waals surface area (Å²) in [6.07, 6.45) is -4.56. The maximum atomic E-state index is 13.1. The van der Waals surface area contributed by atoms with Crippen LogP contribution in [-0.2, 0) is 11.2 Å². The van der Waals surface area contributed by atoms with Crippen LogP contribution in [0.25, 0.3) is 0 Å². The summed E-state index contributed by atoms with van der Waals surface area (Å²) in [6, 6.07) is 4.32. The number of amides is 3. The Hall–Kier alpha value is -2.25. The topological polar surface area (TPSA) is 61.4 Å². The lowest BCUT2D eigenvalue weighted by Crippen LogP contribution is -2.53. The average Bonchev–Trinajstić information content (AvgIpc) is 2.79. The van der Waals surface area contributed by atoms with Crippen LogP contribution in [0.15, 0.2) is 30.3 Å². The Bertz CT molecular complexity index is 563. The summed E-state index contributed by atoms with van der Waals surface area (Å²) in [5.74, 6) is -0.299. The molecule has 1 aliphatic rings. The van der Waals surface area contributed by atoms with Crippen LogP contribution in [0.4, 0.5) is 18.0 Å². The van der Waals surface area contributed by atoms with E-state index >= 15 is 0 Å². The fraction of sp³-hybridized carbons (Fsp3) is 0.467. The zero-order chi connectivity index (χ0) is 17.0. The van der Waals surface area contributed by atoms with Crippen LogP contribution in [0, 0.1) is 0 Å². The highest BCUT2D eigenvalue weighted by Crippen LogP contribution is 2.23. The van der Waals surface area contributed by atoms with E-state index in [2.05, 4.69) is 5.32 Å². The van der Waals surface area contributed by atoms with Crippen LogP contribution < -0.4 is 10.6 Å². The summed E-state index contributed by atoms with van der Waals surface area (Å²) < 4.78 is 39.3. The highest BCUT2D eigenvalue weighted by atomic mass is 19.4. The van der Waals surface area contributed by atoms with Gasteiger partial charge in [-0.3, -0.25) is 4.79 Å². The van der Waals surface area contributed by atoms with Crippen LogP contribution in [0.5, 0.6) is 0 Å². The van der Waals surface area contributed by atoms with Crippen molar-refractivity contribution in [2.75, 3.05) is 13.6 Å². The highest BCUT2D eigenvalue weighted by Gasteiger charge is 2.41. The van der Waals surface area contributed by atoms with E-state index < -0.39 is 24.3 Å². The van der Waals surface area contributed by atoms with Crippen LogP contribution in [0.3, 0.4) is 0 Å². The Morgan fingerprint density at radius 3 is 2.52 bits per heavy atom. The summed E-state index contributed by atoms with van der Waals surface area (Å²) in [6.45, 7) is 0.469. The lowest BCUT2D eigenvalue weighted by Gasteiger charge is -2.23. The van der Waals surface area contributed by atoms with Gasteiger partial charge in [-0.05, 0) is 12.0 Å². The molecule has 0 spiro atoms. The van der Waals surface area contributed by atoms with E-state index in [9.17, 15) is 22.8 Å². The molecule has 2 unspecified atom stereocenters. The van der Waals surface area contributed by atoms with Gasteiger partial charge < -0.3 is 15.5 Å². The summed E-state index contributed by atoms with van der Waals surface area (Å²) in [7, 11) is 1.58. The van der Waals surface area contributed by atoms with E-state index in [1.807, 2.05) is 5.32 Å². The van der Waals surface area contributed by atoms with Gasteiger partial charge in [-0.25, -0.2) is 4.79 Å². The first-order valence-corrected chi connectivity index (χ1v) is 7.20. The molecule has 1 aromatic rings. The number of nitrogens with one attached hydrogen (secondary N) is 2. The number of halogens is 3. The average molecular weight is 329 g/mol. The van der Waals surface area contributed by atoms with Crippen molar-refractivity contribution >= 4 is 11.9 Å². The van der Waals surface area contributed by atoms with Gasteiger partial charge in [0.05, 0.1) is 0 Å². The third kappa shape index (κ3) is 4.61. The Morgan fingerprint density at radius 2 is 2.00 bits per heavy atom. The molecule has 0 saturated carbocycles. The Balaban J connectivity index is 1.98. The van der Waals surface area contributed by atoms with Crippen molar-refractivity contribution in [2.45, 2.75) is 31.1 Å². The van der Waals surface area contributed by atoms with Crippen LogP contribution in [-0.4, -0.2) is 48.7 Å². The number of likely N-dealkylation sites (tertiary alicyclic amines) is 1. The van der Waals surface area contributed by atoms with Gasteiger partial charge in [0, 0.05) is 20.0 Å². The fourth-order valence-corrected chi connectivity index (χ4v) is 2.41. The number of nitrogens with zero attached hydrogens (tertiary/aromatic N) is 1. The maximum absolute atomic E-state index is 13.1. The van der Waals surface area contributed by atoms with Gasteiger partial charge in [0.2, 0.25) is 5.91 Å². The van der Waals surface area contributed by atoms with Gasteiger partial charge >= 0.3 is 12.2 Å². The fourth-order valence-electron chi connectivity index (χ4n) is 2.41. The number of hydrogen-bond acceptors (Lipinski definition) is 2. The Kier molecular flexibility index (Phi) is 5.12. The minimum atomic E-state index is -4.58. The molecule has 0 radical (unpaired) electrons. The summed E-state index contributed by atoms with van der Waals surface area (Å²) in [5, 5.41) is 4.23. The largest absolute Gasteiger partial charge is 0.408 e. The molecule has 1 heterocycles. The molecule has 0 bridgehead atoms. The van der Waals surface area contributed by atoms with E-state index in [0.29, 0.717) is 18.5 Å². The quantitative estimate of drug-likeness (QED) is 0.883. The standard InChI is InChI=1S/C15H18F3N3O2/c1-21-8-7-11(13(21)22)19-14(23)20-12(15(16,17)18)9-10-5-3-2-4-6-10/h2-6,11-12H,7-9H2,1H3,(H2,19,20,23). The summed E-state index contributed by atoms with van der Waals surface area (Å²) >= 11 is 0. The van der Waals surface area contributed by atoms with Crippen LogP contribution in [0.2, 0.25) is 0 Å². The molecule has 1 aromatic carbocycles. The molecule has 0 aromatic heterocycles. The molecule has 1 aliphatic heterocycles. The molecule has 3 amide bonds. The number of hydrogen-bond donors (Lipinski definition) is 2. The number of urea groups is 1. The first-order chi connectivity index (χ1) is 10.8. The molecule has 2 atom stereocenters. The van der Waals surface area contributed by atoms with E-state index in [0.717, 1.165) is 0 Å². The molecule has 126 valence electrons. The first-order valence-electron chi connectivity index (χ1n) is 7.20. The maximum Gasteiger partial charge on any atom is 0.408 e. The minimum Gasteiger partial charge on any atom is -0.344 e. The third-order valence-electron chi connectivity index (χ3n) is 3.72. The Labute approximate surface area is 131 Å². The molecule has 5 nitrogen and oxygen atoms in total. The van der Waals surface area contributed by atoms with Gasteiger partial charge in [-0.1, -0.05) is 30.3 Å². The van der Waals surface area contributed by atoms with Crippen molar-refractivity contribution in [3.8, 4) is 0 Å². The molecule has 2 N–H and O–H groups in total. The minimum absolute atomic E-state index is 0.299. The van der Waals surface area contributed by atoms with Crippen LogP contribution in [0.1, 0.15) is 12.0 Å². The lowest BCUT2D eigenvalue weighted by atomic mass is 10.1. The van der Waals surface area contributed by atoms with Crippen molar-refractivity contribution in [3.05, 3.63) is 35.9 Å². The van der Waals surface area contributed by atoms with Gasteiger partial charge in [-0.2, -0.15) is 13.2 Å². The SMILES string of the molecule is CN1CCC(NC(=O)NC(Cc2ccccc2)C(F)(F)F)C1=O. The number of alkyl halides is 3. The zero-order valence-electron chi connectivity index (χ0n) is 12.6. The molecule has 8 heteroatoms. The number of benzene rings is 1. The number of likely N-dealkylation sites (N-methyl/N-ethyl adjacent to an activating group) is 1. The summed E-state index contributed by atoms with van der Waals surface area (Å²) in [4.78, 5) is 24.9. The van der Waals surface area contributed by atoms with Gasteiger partial charge in [0.15, 0.2) is 0 Å². The van der Waals surface area contributed by atoms with Crippen molar-refractivity contribution in [3.63, 3.8) is 0 Å². The first kappa shape index (κ1) is 17.1. The molecular formula is C15H18F3N3O2. The second-order valence-corrected chi connectivity index (χ2v) is 5.50. The lowest BCUT2D eigenvalue weighted by molar-refractivity contribution is -0.152. The predicted octanol–water partition coefficient (Wildman–Crippen LogP) is 1.69. The van der Waals surface area contributed by atoms with Gasteiger partial charge in [0.25, 0.3) is 0 Å². The van der Waals surface area contributed by atoms with Crippen molar-refractivity contribution in [1.29, 1.82) is 0 Å². The van der Waals surface area contributed by atoms with E-state index in [1.165, 1.54) is 4.90 Å². The van der Waals surface area contributed by atoms with Gasteiger partial charge in [-0.15, -0.1) is 0 Å². The van der Waals surface area contributed by atoms with Crippen LogP contribution >= 0.6 is 0 Å². The monoisotopic (exact) mass is 329 g/mol. The molecule has 23 heavy (non-hydrogen) atoms. The van der Waals surface area contributed by atoms with E-state index in [1.54, 1.807) is 37.4 Å². The summed E-state index contributed by atoms with van der Waals surface area (Å²) in [5.41, 5.74) is 0.465. The Morgan fingerprint density at radius 1 is 1.35 bits per heavy atom. The molecular weight excluding hydrogens is 311 g/mol. The number of carbonyl (C=O) groups is 2. The smallest absolute Gasteiger partial charge is 0.344 e. The second-order valence-electron chi connectivity index (χ2n) is 5.50. The molecule has 1 saturated heterocycles. The third-order valence-corrected chi connectivity index (χ3v) is 3.72. The second kappa shape index (κ2) is 6.89. The van der Waals surface area contributed by atoms with Crippen molar-refractivity contribution in [2.24, 2.45) is 0 Å². The van der Waals surface area contributed by atoms with E-state index in [4.69, 9.17) is 0 Å². The zero-order valence-corrected chi connectivity index (χ0v) is 12.6. The highest BCUT2D eigenvalue weighted by molar-refractivity contribution is 5.88. The van der Waals surface area contributed by atoms with Gasteiger partial charge in [0.1, 0.15) is 12.1 Å². The predicted molar refractivity (Wildman–Crippen MR) is 77.7 cm³/mol. The molecule has 2 rings (SSSR count). The molecule has 1 fully saturated rings. The molecule has 0 aliphatic carbocycles. The van der Waals surface area contributed by atoms with E-state index in [-0.39, 0.29) is 12.3 Å². The van der Waals surface area contributed by atoms with Crippen molar-refractivity contribution < 1.29 is 22.8 Å². The van der Waals surface area contributed by atoms with Crippen molar-refractivity contribution in [1.82, 2.24) is 15.5 Å². The normalized spacial score (nSPS) is 19.6. The number of rotatable bonds is 4. The number of carbonyl (C=O) groups excluding carboxylic acids is 2.